The monoisotopic (exact) mass is 489 g/mol. The third kappa shape index (κ3) is 5.35. The Hall–Kier alpha value is -3.87. The van der Waals surface area contributed by atoms with E-state index >= 15 is 0 Å². The van der Waals surface area contributed by atoms with E-state index in [0.29, 0.717) is 23.4 Å². The van der Waals surface area contributed by atoms with Gasteiger partial charge >= 0.3 is 0 Å². The second kappa shape index (κ2) is 10.8. The van der Waals surface area contributed by atoms with Crippen molar-refractivity contribution in [3.05, 3.63) is 87.0 Å². The highest BCUT2D eigenvalue weighted by Gasteiger charge is 2.38. The molecule has 1 amide bonds. The first-order valence-corrected chi connectivity index (χ1v) is 12.1. The van der Waals surface area contributed by atoms with Gasteiger partial charge in [0.15, 0.2) is 0 Å². The lowest BCUT2D eigenvalue weighted by Crippen LogP contribution is -2.31. The zero-order valence-electron chi connectivity index (χ0n) is 22.2. The molecule has 190 valence electrons. The van der Waals surface area contributed by atoms with Crippen LogP contribution in [0.1, 0.15) is 60.4 Å². The van der Waals surface area contributed by atoms with Crippen LogP contribution in [0.5, 0.6) is 11.6 Å². The van der Waals surface area contributed by atoms with Crippen LogP contribution in [0.15, 0.2) is 53.5 Å². The molecule has 0 saturated heterocycles. The Bertz CT molecular complexity index is 1340. The minimum Gasteiger partial charge on any atom is -0.482 e. The number of nitrogens with one attached hydrogen (secondary N) is 2. The van der Waals surface area contributed by atoms with Crippen LogP contribution >= 0.6 is 0 Å². The molecule has 1 aromatic carbocycles. The fourth-order valence-corrected chi connectivity index (χ4v) is 4.18. The molecule has 1 aliphatic rings. The predicted octanol–water partition coefficient (Wildman–Crippen LogP) is 5.29. The highest BCUT2D eigenvalue weighted by molar-refractivity contribution is 5.96. The van der Waals surface area contributed by atoms with E-state index in [1.807, 2.05) is 59.7 Å². The van der Waals surface area contributed by atoms with Crippen molar-refractivity contribution in [2.75, 3.05) is 7.11 Å². The molecular formula is C29H35N3O4. The van der Waals surface area contributed by atoms with Crippen molar-refractivity contribution in [3.8, 4) is 22.8 Å². The van der Waals surface area contributed by atoms with E-state index in [2.05, 4.69) is 21.9 Å². The smallest absolute Gasteiger partial charge is 0.253 e. The molecule has 3 aromatic rings. The first kappa shape index (κ1) is 26.7. The topological polar surface area (TPSA) is 93.3 Å². The number of benzene rings is 1. The maximum atomic E-state index is 13.2. The summed E-state index contributed by atoms with van der Waals surface area (Å²) in [6, 6.07) is 9.20. The van der Waals surface area contributed by atoms with E-state index in [0.717, 1.165) is 39.3 Å². The van der Waals surface area contributed by atoms with Gasteiger partial charge in [-0.3, -0.25) is 9.59 Å². The Morgan fingerprint density at radius 3 is 2.56 bits per heavy atom. The molecule has 2 aromatic heterocycles. The fraction of sp³-hybridized carbons (Fsp3) is 0.345. The number of pyridine rings is 2. The number of aryl methyl sites for hydroxylation is 2. The zero-order chi connectivity index (χ0) is 26.6. The molecule has 1 aliphatic heterocycles. The molecule has 1 unspecified atom stereocenters. The number of H-pyrrole nitrogens is 1. The van der Waals surface area contributed by atoms with Crippen molar-refractivity contribution in [2.24, 2.45) is 0 Å². The predicted molar refractivity (Wildman–Crippen MR) is 143 cm³/mol. The van der Waals surface area contributed by atoms with E-state index in [-0.39, 0.29) is 18.0 Å². The van der Waals surface area contributed by atoms with Crippen LogP contribution in [0.2, 0.25) is 0 Å². The molecule has 4 rings (SSSR count). The third-order valence-electron chi connectivity index (χ3n) is 6.36. The van der Waals surface area contributed by atoms with E-state index in [4.69, 9.17) is 9.47 Å². The summed E-state index contributed by atoms with van der Waals surface area (Å²) in [6.45, 7) is 15.9. The first-order valence-electron chi connectivity index (χ1n) is 12.1. The number of carbonyl (C=O) groups is 1. The molecule has 0 spiro atoms. The first-order chi connectivity index (χ1) is 17.1. The Balaban J connectivity index is 0.00000176. The number of aromatic nitrogens is 2. The minimum absolute atomic E-state index is 0.136. The average Bonchev–Trinajstić information content (AvgIpc) is 3.21. The summed E-state index contributed by atoms with van der Waals surface area (Å²) in [4.78, 5) is 32.6. The number of fused-ring (bicyclic) bond motifs is 1. The maximum Gasteiger partial charge on any atom is 0.253 e. The molecule has 3 heterocycles. The molecule has 7 nitrogen and oxygen atoms in total. The zero-order valence-corrected chi connectivity index (χ0v) is 22.2. The van der Waals surface area contributed by atoms with Gasteiger partial charge in [0.05, 0.1) is 7.11 Å². The van der Waals surface area contributed by atoms with Gasteiger partial charge in [0.1, 0.15) is 11.4 Å². The van der Waals surface area contributed by atoms with Crippen molar-refractivity contribution >= 4 is 5.91 Å². The van der Waals surface area contributed by atoms with Gasteiger partial charge in [-0.25, -0.2) is 4.98 Å². The summed E-state index contributed by atoms with van der Waals surface area (Å²) >= 11 is 0. The number of methoxy groups -OCH3 is 1. The maximum absolute atomic E-state index is 13.2. The van der Waals surface area contributed by atoms with E-state index in [9.17, 15) is 9.59 Å². The lowest BCUT2D eigenvalue weighted by molar-refractivity contribution is 0.0950. The molecule has 2 N–H and O–H groups in total. The Kier molecular flexibility index (Phi) is 8.03. The van der Waals surface area contributed by atoms with Crippen LogP contribution in [0.4, 0.5) is 0 Å². The van der Waals surface area contributed by atoms with Gasteiger partial charge in [-0.1, -0.05) is 20.4 Å². The van der Waals surface area contributed by atoms with Gasteiger partial charge in [0.25, 0.3) is 11.5 Å². The molecule has 0 aliphatic carbocycles. The molecule has 36 heavy (non-hydrogen) atoms. The SMILES string of the molecule is C=C(C)C1(C)Cc2cc(C(=O)NCc3c(C)cc(C)[nH]c3=O)cc(-c3ccc(OC)nc3)c2O1.CC. The summed E-state index contributed by atoms with van der Waals surface area (Å²) in [7, 11) is 1.56. The molecule has 7 heteroatoms. The van der Waals surface area contributed by atoms with Gasteiger partial charge in [0.2, 0.25) is 5.88 Å². The lowest BCUT2D eigenvalue weighted by Gasteiger charge is -2.24. The number of aromatic amines is 1. The molecule has 0 saturated carbocycles. The summed E-state index contributed by atoms with van der Waals surface area (Å²) in [5.74, 6) is 0.953. The largest absolute Gasteiger partial charge is 0.482 e. The highest BCUT2D eigenvalue weighted by atomic mass is 16.5. The number of hydrogen-bond donors (Lipinski definition) is 2. The van der Waals surface area contributed by atoms with Gasteiger partial charge < -0.3 is 19.8 Å². The Labute approximate surface area is 212 Å². The van der Waals surface area contributed by atoms with Gasteiger partial charge in [0, 0.05) is 53.2 Å². The molecule has 0 fully saturated rings. The molecule has 0 radical (unpaired) electrons. The highest BCUT2D eigenvalue weighted by Crippen LogP contribution is 2.45. The van der Waals surface area contributed by atoms with Crippen molar-refractivity contribution in [3.63, 3.8) is 0 Å². The summed E-state index contributed by atoms with van der Waals surface area (Å²) < 4.78 is 11.5. The van der Waals surface area contributed by atoms with Crippen LogP contribution in [-0.4, -0.2) is 28.6 Å². The van der Waals surface area contributed by atoms with E-state index in [1.165, 1.54) is 0 Å². The van der Waals surface area contributed by atoms with Crippen LogP contribution < -0.4 is 20.3 Å². The van der Waals surface area contributed by atoms with Crippen LogP contribution in [0.25, 0.3) is 11.1 Å². The van der Waals surface area contributed by atoms with Gasteiger partial charge in [-0.2, -0.15) is 0 Å². The summed E-state index contributed by atoms with van der Waals surface area (Å²) in [5.41, 5.74) is 5.31. The number of carbonyl (C=O) groups excluding carboxylic acids is 1. The molecule has 0 bridgehead atoms. The number of nitrogens with zero attached hydrogens (tertiary/aromatic N) is 1. The lowest BCUT2D eigenvalue weighted by atomic mass is 9.91. The van der Waals surface area contributed by atoms with Crippen molar-refractivity contribution in [1.82, 2.24) is 15.3 Å². The van der Waals surface area contributed by atoms with Crippen LogP contribution in [-0.2, 0) is 13.0 Å². The van der Waals surface area contributed by atoms with Gasteiger partial charge in [-0.05, 0) is 68.7 Å². The quantitative estimate of drug-likeness (QED) is 0.459. The van der Waals surface area contributed by atoms with Crippen molar-refractivity contribution in [1.29, 1.82) is 0 Å². The average molecular weight is 490 g/mol. The van der Waals surface area contributed by atoms with Crippen molar-refractivity contribution < 1.29 is 14.3 Å². The second-order valence-corrected chi connectivity index (χ2v) is 9.02. The van der Waals surface area contributed by atoms with E-state index in [1.54, 1.807) is 25.4 Å². The van der Waals surface area contributed by atoms with Crippen molar-refractivity contribution in [2.45, 2.75) is 60.1 Å². The number of hydrogen-bond acceptors (Lipinski definition) is 5. The normalized spacial score (nSPS) is 15.8. The van der Waals surface area contributed by atoms with Gasteiger partial charge in [-0.15, -0.1) is 0 Å². The van der Waals surface area contributed by atoms with E-state index < -0.39 is 5.60 Å². The summed E-state index contributed by atoms with van der Waals surface area (Å²) in [5, 5.41) is 2.90. The standard InChI is InChI=1S/C27H29N3O4.C2H6/c1-15(2)27(5)12-20-10-19(25(31)29-14-22-16(3)9-17(4)30-26(22)32)11-21(24(20)34-27)18-7-8-23(33-6)28-13-18;1-2/h7-11,13H,1,12,14H2,2-6H3,(H,29,31)(H,30,32);1-2H3. The molecule has 1 atom stereocenters. The Morgan fingerprint density at radius 2 is 1.97 bits per heavy atom. The third-order valence-corrected chi connectivity index (χ3v) is 6.36. The second-order valence-electron chi connectivity index (χ2n) is 9.02. The fourth-order valence-electron chi connectivity index (χ4n) is 4.18. The Morgan fingerprint density at radius 1 is 1.25 bits per heavy atom. The number of ether oxygens (including phenoxy) is 2. The minimum atomic E-state index is -0.557. The van der Waals surface area contributed by atoms with Crippen LogP contribution in [0, 0.1) is 13.8 Å². The number of rotatable bonds is 6. The number of amides is 1. The molecular weight excluding hydrogens is 454 g/mol. The van der Waals surface area contributed by atoms with Crippen LogP contribution in [0.3, 0.4) is 0 Å². The summed E-state index contributed by atoms with van der Waals surface area (Å²) in [6.07, 6.45) is 2.30.